The number of aryl methyl sites for hydroxylation is 1. The number of aliphatic hydroxyl groups excluding tert-OH is 1. The first kappa shape index (κ1) is 8.73. The van der Waals surface area contributed by atoms with Crippen LogP contribution >= 0.6 is 0 Å². The van der Waals surface area contributed by atoms with Gasteiger partial charge in [0.15, 0.2) is 0 Å². The molecule has 2 rings (SSSR count). The standard InChI is InChI=1S/C11H15NO/c1-8-2-4-9(5-3-8)10-6-7-11(13)12-10/h2-5,10-13H,6-7H2,1H3. The minimum Gasteiger partial charge on any atom is -0.379 e. The maximum absolute atomic E-state index is 9.30. The summed E-state index contributed by atoms with van der Waals surface area (Å²) in [4.78, 5) is 0. The quantitative estimate of drug-likeness (QED) is 0.684. The van der Waals surface area contributed by atoms with Crippen LogP contribution in [0, 0.1) is 6.92 Å². The molecular weight excluding hydrogens is 162 g/mol. The second kappa shape index (κ2) is 3.48. The van der Waals surface area contributed by atoms with Crippen LogP contribution in [-0.4, -0.2) is 11.3 Å². The van der Waals surface area contributed by atoms with Gasteiger partial charge in [-0.25, -0.2) is 0 Å². The van der Waals surface area contributed by atoms with Gasteiger partial charge in [-0.15, -0.1) is 0 Å². The number of hydrogen-bond donors (Lipinski definition) is 2. The van der Waals surface area contributed by atoms with E-state index < -0.39 is 0 Å². The first-order valence-electron chi connectivity index (χ1n) is 4.76. The van der Waals surface area contributed by atoms with Crippen LogP contribution in [-0.2, 0) is 0 Å². The van der Waals surface area contributed by atoms with E-state index >= 15 is 0 Å². The van der Waals surface area contributed by atoms with E-state index in [0.29, 0.717) is 6.04 Å². The van der Waals surface area contributed by atoms with Crippen LogP contribution in [0.4, 0.5) is 0 Å². The van der Waals surface area contributed by atoms with Gasteiger partial charge in [0.1, 0.15) is 6.23 Å². The maximum atomic E-state index is 9.30. The van der Waals surface area contributed by atoms with Gasteiger partial charge in [0.2, 0.25) is 0 Å². The highest BCUT2D eigenvalue weighted by atomic mass is 16.3. The molecule has 1 aromatic carbocycles. The molecule has 0 saturated carbocycles. The second-order valence-corrected chi connectivity index (χ2v) is 3.72. The van der Waals surface area contributed by atoms with E-state index in [9.17, 15) is 5.11 Å². The Hall–Kier alpha value is -0.860. The summed E-state index contributed by atoms with van der Waals surface area (Å²) in [6.45, 7) is 2.08. The zero-order chi connectivity index (χ0) is 9.26. The minimum atomic E-state index is -0.314. The van der Waals surface area contributed by atoms with Gasteiger partial charge in [-0.1, -0.05) is 29.8 Å². The molecule has 2 heteroatoms. The van der Waals surface area contributed by atoms with Crippen LogP contribution in [0.2, 0.25) is 0 Å². The summed E-state index contributed by atoms with van der Waals surface area (Å²) in [5.41, 5.74) is 2.56. The Labute approximate surface area is 78.6 Å². The van der Waals surface area contributed by atoms with Gasteiger partial charge in [-0.3, -0.25) is 5.32 Å². The first-order chi connectivity index (χ1) is 6.25. The van der Waals surface area contributed by atoms with Crippen molar-refractivity contribution in [2.45, 2.75) is 32.0 Å². The van der Waals surface area contributed by atoms with Crippen molar-refractivity contribution < 1.29 is 5.11 Å². The highest BCUT2D eigenvalue weighted by Gasteiger charge is 2.22. The number of hydrogen-bond acceptors (Lipinski definition) is 2. The van der Waals surface area contributed by atoms with Crippen molar-refractivity contribution in [3.8, 4) is 0 Å². The third kappa shape index (κ3) is 1.90. The Balaban J connectivity index is 2.13. The molecule has 2 nitrogen and oxygen atoms in total. The molecule has 0 radical (unpaired) electrons. The topological polar surface area (TPSA) is 32.3 Å². The fraction of sp³-hybridized carbons (Fsp3) is 0.455. The fourth-order valence-electron chi connectivity index (χ4n) is 1.79. The molecule has 70 valence electrons. The summed E-state index contributed by atoms with van der Waals surface area (Å²) in [5, 5.41) is 12.4. The summed E-state index contributed by atoms with van der Waals surface area (Å²) in [7, 11) is 0. The molecule has 1 saturated heterocycles. The van der Waals surface area contributed by atoms with Gasteiger partial charge in [-0.2, -0.15) is 0 Å². The van der Waals surface area contributed by atoms with E-state index in [4.69, 9.17) is 0 Å². The minimum absolute atomic E-state index is 0.314. The molecule has 2 atom stereocenters. The predicted molar refractivity (Wildman–Crippen MR) is 52.3 cm³/mol. The smallest absolute Gasteiger partial charge is 0.105 e. The lowest BCUT2D eigenvalue weighted by Gasteiger charge is -2.11. The van der Waals surface area contributed by atoms with Crippen LogP contribution in [0.25, 0.3) is 0 Å². The maximum Gasteiger partial charge on any atom is 0.105 e. The molecule has 2 unspecified atom stereocenters. The van der Waals surface area contributed by atoms with E-state index in [-0.39, 0.29) is 6.23 Å². The van der Waals surface area contributed by atoms with E-state index in [0.717, 1.165) is 12.8 Å². The Bertz CT molecular complexity index is 281. The first-order valence-corrected chi connectivity index (χ1v) is 4.76. The predicted octanol–water partition coefficient (Wildman–Crippen LogP) is 1.74. The average Bonchev–Trinajstić information content (AvgIpc) is 2.53. The summed E-state index contributed by atoms with van der Waals surface area (Å²) in [6, 6.07) is 8.83. The largest absolute Gasteiger partial charge is 0.379 e. The van der Waals surface area contributed by atoms with Gasteiger partial charge in [0, 0.05) is 6.04 Å². The van der Waals surface area contributed by atoms with Crippen LogP contribution in [0.1, 0.15) is 30.0 Å². The van der Waals surface area contributed by atoms with Crippen molar-refractivity contribution in [1.29, 1.82) is 0 Å². The highest BCUT2D eigenvalue weighted by Crippen LogP contribution is 2.25. The monoisotopic (exact) mass is 177 g/mol. The summed E-state index contributed by atoms with van der Waals surface area (Å²) >= 11 is 0. The summed E-state index contributed by atoms with van der Waals surface area (Å²) in [6.07, 6.45) is 1.58. The molecule has 13 heavy (non-hydrogen) atoms. The third-order valence-electron chi connectivity index (χ3n) is 2.60. The Morgan fingerprint density at radius 2 is 1.92 bits per heavy atom. The van der Waals surface area contributed by atoms with Gasteiger partial charge in [0.05, 0.1) is 0 Å². The summed E-state index contributed by atoms with van der Waals surface area (Å²) in [5.74, 6) is 0. The van der Waals surface area contributed by atoms with Gasteiger partial charge in [-0.05, 0) is 25.3 Å². The molecule has 0 aromatic heterocycles. The average molecular weight is 177 g/mol. The summed E-state index contributed by atoms with van der Waals surface area (Å²) < 4.78 is 0. The number of benzene rings is 1. The Kier molecular flexibility index (Phi) is 2.34. The molecule has 1 fully saturated rings. The lowest BCUT2D eigenvalue weighted by Crippen LogP contribution is -2.23. The van der Waals surface area contributed by atoms with Crippen LogP contribution in [0.3, 0.4) is 0 Å². The van der Waals surface area contributed by atoms with Gasteiger partial charge >= 0.3 is 0 Å². The number of rotatable bonds is 1. The molecule has 0 amide bonds. The zero-order valence-electron chi connectivity index (χ0n) is 7.83. The van der Waals surface area contributed by atoms with E-state index in [1.54, 1.807) is 0 Å². The molecule has 1 aromatic rings. The van der Waals surface area contributed by atoms with Gasteiger partial charge < -0.3 is 5.11 Å². The molecule has 1 aliphatic heterocycles. The Morgan fingerprint density at radius 3 is 2.46 bits per heavy atom. The SMILES string of the molecule is Cc1ccc(C2CCC(O)N2)cc1. The van der Waals surface area contributed by atoms with Crippen LogP contribution in [0.5, 0.6) is 0 Å². The van der Waals surface area contributed by atoms with Crippen LogP contribution < -0.4 is 5.32 Å². The molecule has 1 aliphatic rings. The second-order valence-electron chi connectivity index (χ2n) is 3.72. The lowest BCUT2D eigenvalue weighted by molar-refractivity contribution is 0.154. The van der Waals surface area contributed by atoms with Crippen molar-refractivity contribution in [1.82, 2.24) is 5.32 Å². The van der Waals surface area contributed by atoms with Crippen LogP contribution in [0.15, 0.2) is 24.3 Å². The number of nitrogens with one attached hydrogen (secondary N) is 1. The van der Waals surface area contributed by atoms with Crippen molar-refractivity contribution in [2.24, 2.45) is 0 Å². The Morgan fingerprint density at radius 1 is 1.23 bits per heavy atom. The molecular formula is C11H15NO. The third-order valence-corrected chi connectivity index (χ3v) is 2.60. The number of aliphatic hydroxyl groups is 1. The van der Waals surface area contributed by atoms with E-state index in [1.807, 2.05) is 0 Å². The van der Waals surface area contributed by atoms with E-state index in [1.165, 1.54) is 11.1 Å². The van der Waals surface area contributed by atoms with E-state index in [2.05, 4.69) is 36.5 Å². The highest BCUT2D eigenvalue weighted by molar-refractivity contribution is 5.24. The van der Waals surface area contributed by atoms with Crippen molar-refractivity contribution in [2.75, 3.05) is 0 Å². The fourth-order valence-corrected chi connectivity index (χ4v) is 1.79. The van der Waals surface area contributed by atoms with Gasteiger partial charge in [0.25, 0.3) is 0 Å². The molecule has 0 spiro atoms. The lowest BCUT2D eigenvalue weighted by atomic mass is 10.0. The van der Waals surface area contributed by atoms with Crippen molar-refractivity contribution >= 4 is 0 Å². The zero-order valence-corrected chi connectivity index (χ0v) is 7.83. The molecule has 2 N–H and O–H groups in total. The van der Waals surface area contributed by atoms with Crippen molar-refractivity contribution in [3.63, 3.8) is 0 Å². The normalized spacial score (nSPS) is 27.8. The molecule has 0 aliphatic carbocycles. The molecule has 0 bridgehead atoms. The molecule has 1 heterocycles. The van der Waals surface area contributed by atoms with Crippen molar-refractivity contribution in [3.05, 3.63) is 35.4 Å².